The molecule has 2 unspecified atom stereocenters. The number of allylic oxidation sites excluding steroid dienone is 1. The number of nitrogens with one attached hydrogen (secondary N) is 3. The van der Waals surface area contributed by atoms with Gasteiger partial charge in [-0.15, -0.1) is 0 Å². The molecule has 0 aromatic rings. The van der Waals surface area contributed by atoms with E-state index >= 15 is 0 Å². The van der Waals surface area contributed by atoms with E-state index in [1.54, 1.807) is 0 Å². The second-order valence-corrected chi connectivity index (χ2v) is 4.30. The largest absolute Gasteiger partial charge is 0.398 e. The lowest BCUT2D eigenvalue weighted by molar-refractivity contribution is 0.374. The van der Waals surface area contributed by atoms with E-state index in [2.05, 4.69) is 22.0 Å². The third kappa shape index (κ3) is 1.41. The number of dihydropyridines is 1. The Bertz CT molecular complexity index is 367. The fourth-order valence-electron chi connectivity index (χ4n) is 2.52. The van der Waals surface area contributed by atoms with Crippen molar-refractivity contribution in [3.63, 3.8) is 0 Å². The lowest BCUT2D eigenvalue weighted by Gasteiger charge is -2.37. The summed E-state index contributed by atoms with van der Waals surface area (Å²) < 4.78 is 0. The molecule has 0 bridgehead atoms. The topological polar surface area (TPSA) is 62.1 Å². The molecule has 0 radical (unpaired) electrons. The Balaban J connectivity index is 1.98. The highest BCUT2D eigenvalue weighted by Crippen LogP contribution is 2.30. The third-order valence-electron chi connectivity index (χ3n) is 3.35. The van der Waals surface area contributed by atoms with Gasteiger partial charge in [-0.05, 0) is 30.3 Å². The van der Waals surface area contributed by atoms with E-state index in [1.165, 1.54) is 11.3 Å². The number of nitrogens with two attached hydrogens (primary N) is 1. The van der Waals surface area contributed by atoms with Gasteiger partial charge in [-0.2, -0.15) is 0 Å². The van der Waals surface area contributed by atoms with Crippen molar-refractivity contribution in [1.82, 2.24) is 16.0 Å². The molecule has 2 heterocycles. The van der Waals surface area contributed by atoms with Crippen molar-refractivity contribution < 1.29 is 0 Å². The molecule has 4 nitrogen and oxygen atoms in total. The maximum absolute atomic E-state index is 5.98. The average Bonchev–Trinajstić information content (AvgIpc) is 2.27. The van der Waals surface area contributed by atoms with Crippen molar-refractivity contribution >= 4 is 0 Å². The maximum atomic E-state index is 5.98. The first kappa shape index (κ1) is 8.85. The second kappa shape index (κ2) is 3.31. The van der Waals surface area contributed by atoms with Gasteiger partial charge >= 0.3 is 0 Å². The molecule has 3 aliphatic rings. The SMILES string of the molecule is NC1=C2C=C3NCNCC3CC2NC=C1. The molecule has 4 heteroatoms. The van der Waals surface area contributed by atoms with Gasteiger partial charge in [0.15, 0.2) is 0 Å². The molecule has 2 atom stereocenters. The zero-order valence-electron chi connectivity index (χ0n) is 8.59. The van der Waals surface area contributed by atoms with Gasteiger partial charge in [0.05, 0.1) is 12.7 Å². The molecule has 0 spiro atoms. The first-order valence-corrected chi connectivity index (χ1v) is 5.43. The molecule has 0 saturated carbocycles. The van der Waals surface area contributed by atoms with Crippen LogP contribution in [0.25, 0.3) is 0 Å². The van der Waals surface area contributed by atoms with Crippen LogP contribution in [0, 0.1) is 5.92 Å². The van der Waals surface area contributed by atoms with Crippen LogP contribution in [0.4, 0.5) is 0 Å². The fourth-order valence-corrected chi connectivity index (χ4v) is 2.52. The van der Waals surface area contributed by atoms with E-state index in [-0.39, 0.29) is 0 Å². The first-order chi connectivity index (χ1) is 7.34. The van der Waals surface area contributed by atoms with Crippen molar-refractivity contribution in [2.24, 2.45) is 11.7 Å². The molecular formula is C11H16N4. The highest BCUT2D eigenvalue weighted by atomic mass is 15.1. The molecule has 0 amide bonds. The summed E-state index contributed by atoms with van der Waals surface area (Å²) in [5, 5.41) is 10.1. The molecule has 80 valence electrons. The molecular weight excluding hydrogens is 188 g/mol. The smallest absolute Gasteiger partial charge is 0.0650 e. The van der Waals surface area contributed by atoms with E-state index in [1.807, 2.05) is 12.3 Å². The van der Waals surface area contributed by atoms with Gasteiger partial charge in [-0.3, -0.25) is 5.32 Å². The number of hydrogen-bond acceptors (Lipinski definition) is 4. The number of rotatable bonds is 0. The van der Waals surface area contributed by atoms with E-state index in [0.29, 0.717) is 12.0 Å². The predicted octanol–water partition coefficient (Wildman–Crippen LogP) is -0.261. The Morgan fingerprint density at radius 1 is 1.40 bits per heavy atom. The lowest BCUT2D eigenvalue weighted by atomic mass is 9.83. The van der Waals surface area contributed by atoms with Gasteiger partial charge in [0.2, 0.25) is 0 Å². The van der Waals surface area contributed by atoms with Crippen LogP contribution in [-0.4, -0.2) is 19.3 Å². The zero-order valence-corrected chi connectivity index (χ0v) is 8.59. The Labute approximate surface area is 89.3 Å². The highest BCUT2D eigenvalue weighted by molar-refractivity contribution is 5.43. The molecule has 1 aliphatic carbocycles. The molecule has 3 rings (SSSR count). The van der Waals surface area contributed by atoms with Crippen LogP contribution in [0.1, 0.15) is 6.42 Å². The zero-order chi connectivity index (χ0) is 10.3. The quantitative estimate of drug-likeness (QED) is 0.439. The summed E-state index contributed by atoms with van der Waals surface area (Å²) in [4.78, 5) is 0. The van der Waals surface area contributed by atoms with Crippen molar-refractivity contribution in [3.8, 4) is 0 Å². The van der Waals surface area contributed by atoms with E-state index in [0.717, 1.165) is 25.3 Å². The van der Waals surface area contributed by atoms with Crippen LogP contribution in [0.2, 0.25) is 0 Å². The summed E-state index contributed by atoms with van der Waals surface area (Å²) in [5.74, 6) is 0.597. The van der Waals surface area contributed by atoms with Gasteiger partial charge in [0.1, 0.15) is 0 Å². The molecule has 15 heavy (non-hydrogen) atoms. The highest BCUT2D eigenvalue weighted by Gasteiger charge is 2.30. The van der Waals surface area contributed by atoms with Crippen molar-refractivity contribution in [1.29, 1.82) is 0 Å². The Morgan fingerprint density at radius 3 is 3.27 bits per heavy atom. The normalized spacial score (nSPS) is 33.5. The van der Waals surface area contributed by atoms with E-state index in [4.69, 9.17) is 5.73 Å². The first-order valence-electron chi connectivity index (χ1n) is 5.43. The number of fused-ring (bicyclic) bond motifs is 2. The van der Waals surface area contributed by atoms with Crippen LogP contribution in [-0.2, 0) is 0 Å². The Hall–Kier alpha value is -1.42. The predicted molar refractivity (Wildman–Crippen MR) is 59.5 cm³/mol. The maximum Gasteiger partial charge on any atom is 0.0650 e. The summed E-state index contributed by atoms with van der Waals surface area (Å²) >= 11 is 0. The Kier molecular flexibility index (Phi) is 1.95. The van der Waals surface area contributed by atoms with Crippen molar-refractivity contribution in [3.05, 3.63) is 35.3 Å². The van der Waals surface area contributed by atoms with Crippen LogP contribution in [0.5, 0.6) is 0 Å². The minimum Gasteiger partial charge on any atom is -0.398 e. The third-order valence-corrected chi connectivity index (χ3v) is 3.35. The fraction of sp³-hybridized carbons (Fsp3) is 0.455. The Morgan fingerprint density at radius 2 is 2.33 bits per heavy atom. The van der Waals surface area contributed by atoms with Crippen LogP contribution >= 0.6 is 0 Å². The summed E-state index contributed by atoms with van der Waals surface area (Å²) in [6.45, 7) is 1.93. The van der Waals surface area contributed by atoms with Crippen LogP contribution < -0.4 is 21.7 Å². The molecule has 1 saturated heterocycles. The molecule has 5 N–H and O–H groups in total. The van der Waals surface area contributed by atoms with Gasteiger partial charge in [0, 0.05) is 23.9 Å². The van der Waals surface area contributed by atoms with Gasteiger partial charge in [-0.25, -0.2) is 0 Å². The number of hydrogen-bond donors (Lipinski definition) is 4. The lowest BCUT2D eigenvalue weighted by Crippen LogP contribution is -2.47. The molecule has 1 fully saturated rings. The summed E-state index contributed by atoms with van der Waals surface area (Å²) in [6.07, 6.45) is 7.22. The summed E-state index contributed by atoms with van der Waals surface area (Å²) in [7, 11) is 0. The second-order valence-electron chi connectivity index (χ2n) is 4.30. The van der Waals surface area contributed by atoms with Crippen molar-refractivity contribution in [2.45, 2.75) is 12.5 Å². The van der Waals surface area contributed by atoms with Gasteiger partial charge in [-0.1, -0.05) is 0 Å². The standard InChI is InChI=1S/C11H16N4/c12-9-1-2-14-11-3-7-5-13-6-15-10(7)4-8(9)11/h1-2,4,7,11,13-15H,3,5-6,12H2. The monoisotopic (exact) mass is 204 g/mol. The van der Waals surface area contributed by atoms with Crippen LogP contribution in [0.3, 0.4) is 0 Å². The molecule has 0 aromatic carbocycles. The average molecular weight is 204 g/mol. The summed E-state index contributed by atoms with van der Waals surface area (Å²) in [6, 6.07) is 0.394. The van der Waals surface area contributed by atoms with Gasteiger partial charge in [0.25, 0.3) is 0 Å². The molecule has 2 aliphatic heterocycles. The van der Waals surface area contributed by atoms with E-state index < -0.39 is 0 Å². The van der Waals surface area contributed by atoms with Crippen LogP contribution in [0.15, 0.2) is 35.3 Å². The minimum absolute atomic E-state index is 0.394. The van der Waals surface area contributed by atoms with Crippen molar-refractivity contribution in [2.75, 3.05) is 13.2 Å². The molecule has 0 aromatic heterocycles. The van der Waals surface area contributed by atoms with E-state index in [9.17, 15) is 0 Å². The minimum atomic E-state index is 0.394. The summed E-state index contributed by atoms with van der Waals surface area (Å²) in [5.41, 5.74) is 9.44. The van der Waals surface area contributed by atoms with Gasteiger partial charge < -0.3 is 16.4 Å².